The quantitative estimate of drug-likeness (QED) is 0.761. The maximum Gasteiger partial charge on any atom is 0.225 e. The van der Waals surface area contributed by atoms with Gasteiger partial charge in [-0.25, -0.2) is 0 Å². The van der Waals surface area contributed by atoms with Crippen LogP contribution in [0.3, 0.4) is 0 Å². The van der Waals surface area contributed by atoms with Crippen molar-refractivity contribution in [2.45, 2.75) is 50.4 Å². The maximum atomic E-state index is 13.2. The first kappa shape index (κ1) is 21.3. The van der Waals surface area contributed by atoms with Gasteiger partial charge in [-0.3, -0.25) is 9.59 Å². The summed E-state index contributed by atoms with van der Waals surface area (Å²) in [6.45, 7) is 4.83. The number of likely N-dealkylation sites (tertiary alicyclic amines) is 2. The van der Waals surface area contributed by atoms with Crippen molar-refractivity contribution >= 4 is 11.8 Å². The van der Waals surface area contributed by atoms with Crippen molar-refractivity contribution in [2.24, 2.45) is 0 Å². The molecule has 2 atom stereocenters. The predicted molar refractivity (Wildman–Crippen MR) is 113 cm³/mol. The summed E-state index contributed by atoms with van der Waals surface area (Å²) < 4.78 is 6.19. The number of ether oxygens (including phenoxy) is 1. The molecular formula is C23H33N3O4. The lowest BCUT2D eigenvalue weighted by molar-refractivity contribution is -0.149. The van der Waals surface area contributed by atoms with Gasteiger partial charge in [0.25, 0.3) is 0 Å². The van der Waals surface area contributed by atoms with Crippen LogP contribution in [-0.4, -0.2) is 89.7 Å². The fraction of sp³-hybridized carbons (Fsp3) is 0.652. The number of hydrogen-bond donors (Lipinski definition) is 1. The normalized spacial score (nSPS) is 26.4. The molecule has 0 aliphatic carbocycles. The molecule has 3 aliphatic heterocycles. The number of aliphatic hydroxyl groups excluding tert-OH is 1. The largest absolute Gasteiger partial charge is 0.393 e. The van der Waals surface area contributed by atoms with Gasteiger partial charge in [0.1, 0.15) is 0 Å². The van der Waals surface area contributed by atoms with Gasteiger partial charge in [0, 0.05) is 52.1 Å². The van der Waals surface area contributed by atoms with Crippen molar-refractivity contribution in [3.05, 3.63) is 35.9 Å². The van der Waals surface area contributed by atoms with E-state index in [-0.39, 0.29) is 30.1 Å². The average molecular weight is 416 g/mol. The second kappa shape index (κ2) is 9.90. The highest BCUT2D eigenvalue weighted by atomic mass is 16.5. The van der Waals surface area contributed by atoms with Crippen molar-refractivity contribution in [3.63, 3.8) is 0 Å². The zero-order valence-electron chi connectivity index (χ0n) is 17.6. The number of rotatable bonds is 6. The van der Waals surface area contributed by atoms with Crippen molar-refractivity contribution < 1.29 is 19.4 Å². The van der Waals surface area contributed by atoms with Crippen LogP contribution in [0.25, 0.3) is 0 Å². The minimum absolute atomic E-state index is 0.0888. The lowest BCUT2D eigenvalue weighted by Gasteiger charge is -2.44. The monoisotopic (exact) mass is 415 g/mol. The van der Waals surface area contributed by atoms with Crippen molar-refractivity contribution in [1.29, 1.82) is 0 Å². The number of hydrogen-bond acceptors (Lipinski definition) is 5. The smallest absolute Gasteiger partial charge is 0.225 e. The number of aliphatic hydroxyl groups is 1. The van der Waals surface area contributed by atoms with E-state index in [4.69, 9.17) is 4.74 Å². The van der Waals surface area contributed by atoms with E-state index in [2.05, 4.69) is 17.0 Å². The summed E-state index contributed by atoms with van der Waals surface area (Å²) >= 11 is 0. The van der Waals surface area contributed by atoms with Crippen LogP contribution in [0.4, 0.5) is 0 Å². The van der Waals surface area contributed by atoms with Gasteiger partial charge >= 0.3 is 0 Å². The first-order chi connectivity index (χ1) is 14.6. The van der Waals surface area contributed by atoms with E-state index in [1.807, 2.05) is 28.0 Å². The Labute approximate surface area is 178 Å². The highest BCUT2D eigenvalue weighted by Gasteiger charge is 2.37. The lowest BCUT2D eigenvalue weighted by Crippen LogP contribution is -2.53. The number of benzene rings is 1. The van der Waals surface area contributed by atoms with Crippen LogP contribution in [0.5, 0.6) is 0 Å². The van der Waals surface area contributed by atoms with E-state index >= 15 is 0 Å². The molecule has 30 heavy (non-hydrogen) atoms. The number of nitrogens with zero attached hydrogens (tertiary/aromatic N) is 3. The zero-order chi connectivity index (χ0) is 20.9. The first-order valence-electron chi connectivity index (χ1n) is 11.3. The topological polar surface area (TPSA) is 73.3 Å². The molecule has 3 fully saturated rings. The highest BCUT2D eigenvalue weighted by molar-refractivity contribution is 5.80. The summed E-state index contributed by atoms with van der Waals surface area (Å²) in [7, 11) is 0. The molecule has 3 saturated heterocycles. The number of carbonyl (C=O) groups is 2. The van der Waals surface area contributed by atoms with E-state index in [0.717, 1.165) is 51.0 Å². The van der Waals surface area contributed by atoms with Crippen LogP contribution in [0.1, 0.15) is 43.7 Å². The third-order valence-corrected chi connectivity index (χ3v) is 6.58. The number of morpholine rings is 1. The molecule has 2 amide bonds. The Balaban J connectivity index is 1.46. The molecule has 164 valence electrons. The number of carbonyl (C=O) groups excluding carboxylic acids is 2. The first-order valence-corrected chi connectivity index (χ1v) is 11.3. The van der Waals surface area contributed by atoms with Gasteiger partial charge in [0.2, 0.25) is 11.8 Å². The van der Waals surface area contributed by atoms with E-state index in [0.29, 0.717) is 32.5 Å². The average Bonchev–Trinajstić information content (AvgIpc) is 3.19. The van der Waals surface area contributed by atoms with Crippen LogP contribution in [0.2, 0.25) is 0 Å². The molecule has 4 rings (SSSR count). The fourth-order valence-corrected chi connectivity index (χ4v) is 4.88. The molecule has 1 aromatic carbocycles. The number of piperidine rings is 1. The maximum absolute atomic E-state index is 13.2. The Kier molecular flexibility index (Phi) is 7.02. The number of amides is 2. The van der Waals surface area contributed by atoms with E-state index in [9.17, 15) is 14.7 Å². The molecule has 7 nitrogen and oxygen atoms in total. The van der Waals surface area contributed by atoms with Gasteiger partial charge in [0.05, 0.1) is 24.9 Å². The van der Waals surface area contributed by atoms with Crippen LogP contribution in [0, 0.1) is 0 Å². The second-order valence-corrected chi connectivity index (χ2v) is 8.62. The molecule has 3 heterocycles. The van der Waals surface area contributed by atoms with E-state index in [1.54, 1.807) is 0 Å². The van der Waals surface area contributed by atoms with Crippen LogP contribution < -0.4 is 0 Å². The summed E-state index contributed by atoms with van der Waals surface area (Å²) in [6, 6.07) is 9.99. The van der Waals surface area contributed by atoms with Gasteiger partial charge in [0.15, 0.2) is 0 Å². The van der Waals surface area contributed by atoms with Crippen LogP contribution in [-0.2, 0) is 14.3 Å². The predicted octanol–water partition coefficient (Wildman–Crippen LogP) is 1.42. The van der Waals surface area contributed by atoms with E-state index in [1.165, 1.54) is 0 Å². The molecule has 0 radical (unpaired) electrons. The van der Waals surface area contributed by atoms with Gasteiger partial charge in [-0.05, 0) is 24.8 Å². The van der Waals surface area contributed by atoms with Crippen molar-refractivity contribution in [3.8, 4) is 0 Å². The molecule has 0 bridgehead atoms. The summed E-state index contributed by atoms with van der Waals surface area (Å²) in [5.41, 5.74) is 1.09. The molecule has 1 aromatic rings. The zero-order valence-corrected chi connectivity index (χ0v) is 17.6. The summed E-state index contributed by atoms with van der Waals surface area (Å²) in [5, 5.41) is 9.81. The Bertz CT molecular complexity index is 720. The third-order valence-electron chi connectivity index (χ3n) is 6.58. The van der Waals surface area contributed by atoms with Gasteiger partial charge in [-0.1, -0.05) is 30.3 Å². The molecular weight excluding hydrogens is 382 g/mol. The molecule has 0 unspecified atom stereocenters. The Morgan fingerprint density at radius 3 is 2.57 bits per heavy atom. The highest BCUT2D eigenvalue weighted by Crippen LogP contribution is 2.31. The van der Waals surface area contributed by atoms with Gasteiger partial charge in [-0.2, -0.15) is 0 Å². The molecule has 0 aromatic heterocycles. The summed E-state index contributed by atoms with van der Waals surface area (Å²) in [4.78, 5) is 31.2. The SMILES string of the molecule is O=C1CCCN1CCC(=O)N1CCO[C@@H](CN2CCC(O)CC2)[C@@H]1c1ccccc1. The Morgan fingerprint density at radius 2 is 1.87 bits per heavy atom. The molecule has 0 spiro atoms. The van der Waals surface area contributed by atoms with Crippen LogP contribution in [0.15, 0.2) is 30.3 Å². The molecule has 1 N–H and O–H groups in total. The molecule has 7 heteroatoms. The minimum Gasteiger partial charge on any atom is -0.393 e. The van der Waals surface area contributed by atoms with Crippen molar-refractivity contribution in [1.82, 2.24) is 14.7 Å². The standard InChI is InChI=1S/C23H33N3O4/c27-19-8-12-24(13-9-19)17-20-23(18-5-2-1-3-6-18)26(15-16-30-20)22(29)10-14-25-11-4-7-21(25)28/h1-3,5-6,19-20,23,27H,4,7-17H2/t20-,23-/m0/s1. The summed E-state index contributed by atoms with van der Waals surface area (Å²) in [6.07, 6.45) is 3.12. The lowest BCUT2D eigenvalue weighted by atomic mass is 9.96. The van der Waals surface area contributed by atoms with Crippen molar-refractivity contribution in [2.75, 3.05) is 45.9 Å². The third kappa shape index (κ3) is 5.02. The second-order valence-electron chi connectivity index (χ2n) is 8.62. The fourth-order valence-electron chi connectivity index (χ4n) is 4.88. The minimum atomic E-state index is -0.204. The summed E-state index contributed by atoms with van der Waals surface area (Å²) in [5.74, 6) is 0.250. The Morgan fingerprint density at radius 1 is 1.10 bits per heavy atom. The molecule has 0 saturated carbocycles. The Hall–Kier alpha value is -1.96. The van der Waals surface area contributed by atoms with Gasteiger partial charge in [-0.15, -0.1) is 0 Å². The van der Waals surface area contributed by atoms with Crippen LogP contribution >= 0.6 is 0 Å². The molecule has 3 aliphatic rings. The van der Waals surface area contributed by atoms with E-state index < -0.39 is 0 Å². The van der Waals surface area contributed by atoms with Gasteiger partial charge < -0.3 is 24.5 Å².